The molecule has 0 saturated carbocycles. The fraction of sp³-hybridized carbons (Fsp3) is 0. The van der Waals surface area contributed by atoms with E-state index < -0.39 is 0 Å². The number of rotatable bonds is 4. The van der Waals surface area contributed by atoms with Crippen LogP contribution in [0, 0.1) is 5.82 Å². The van der Waals surface area contributed by atoms with Crippen molar-refractivity contribution in [3.05, 3.63) is 81.9 Å². The number of imidazole rings is 1. The summed E-state index contributed by atoms with van der Waals surface area (Å²) in [5.74, 6) is -0.544. The van der Waals surface area contributed by atoms with Gasteiger partial charge in [-0.3, -0.25) is 4.79 Å². The first-order valence-electron chi connectivity index (χ1n) is 8.14. The van der Waals surface area contributed by atoms with Gasteiger partial charge in [0.2, 0.25) is 5.91 Å². The molecule has 27 heavy (non-hydrogen) atoms. The van der Waals surface area contributed by atoms with E-state index in [0.29, 0.717) is 16.7 Å². The number of H-pyrrole nitrogens is 2. The summed E-state index contributed by atoms with van der Waals surface area (Å²) in [6.45, 7) is 0. The van der Waals surface area contributed by atoms with Crippen LogP contribution in [-0.4, -0.2) is 15.9 Å². The monoisotopic (exact) mass is 379 g/mol. The van der Waals surface area contributed by atoms with Gasteiger partial charge in [0, 0.05) is 21.5 Å². The molecule has 0 aliphatic rings. The summed E-state index contributed by atoms with van der Waals surface area (Å²) in [5, 5.41) is 2.76. The zero-order valence-electron chi connectivity index (χ0n) is 14.0. The van der Waals surface area contributed by atoms with Crippen molar-refractivity contribution in [3.63, 3.8) is 0 Å². The van der Waals surface area contributed by atoms with E-state index in [9.17, 15) is 14.0 Å². The molecule has 0 unspecified atom stereocenters. The van der Waals surface area contributed by atoms with Gasteiger partial charge in [-0.1, -0.05) is 12.1 Å². The molecule has 7 heteroatoms. The lowest BCUT2D eigenvalue weighted by atomic mass is 10.2. The third-order valence-corrected chi connectivity index (χ3v) is 5.04. The Morgan fingerprint density at radius 2 is 1.78 bits per heavy atom. The highest BCUT2D eigenvalue weighted by atomic mass is 32.1. The van der Waals surface area contributed by atoms with Gasteiger partial charge in [-0.25, -0.2) is 9.18 Å². The van der Waals surface area contributed by atoms with Crippen LogP contribution in [0.2, 0.25) is 0 Å². The predicted octanol–water partition coefficient (Wildman–Crippen LogP) is 4.38. The van der Waals surface area contributed by atoms with Crippen molar-refractivity contribution in [2.45, 2.75) is 0 Å². The maximum absolute atomic E-state index is 13.0. The third kappa shape index (κ3) is 3.88. The van der Waals surface area contributed by atoms with Gasteiger partial charge in [0.05, 0.1) is 11.0 Å². The van der Waals surface area contributed by atoms with Crippen LogP contribution < -0.4 is 11.0 Å². The molecule has 4 rings (SSSR count). The Morgan fingerprint density at radius 1 is 1.00 bits per heavy atom. The lowest BCUT2D eigenvalue weighted by Gasteiger charge is -2.01. The number of carbonyl (C=O) groups excluding carboxylic acids is 1. The second-order valence-corrected chi connectivity index (χ2v) is 6.99. The summed E-state index contributed by atoms with van der Waals surface area (Å²) >= 11 is 1.51. The number of halogens is 1. The van der Waals surface area contributed by atoms with Gasteiger partial charge in [-0.05, 0) is 54.1 Å². The number of thiophene rings is 1. The molecule has 2 heterocycles. The predicted molar refractivity (Wildman–Crippen MR) is 106 cm³/mol. The van der Waals surface area contributed by atoms with Crippen LogP contribution in [0.25, 0.3) is 27.6 Å². The van der Waals surface area contributed by atoms with Crippen LogP contribution in [0.3, 0.4) is 0 Å². The number of hydrogen-bond donors (Lipinski definition) is 3. The van der Waals surface area contributed by atoms with Crippen molar-refractivity contribution in [1.29, 1.82) is 0 Å². The Bertz CT molecular complexity index is 1200. The van der Waals surface area contributed by atoms with E-state index in [1.165, 1.54) is 29.5 Å². The number of aromatic nitrogens is 2. The van der Waals surface area contributed by atoms with Gasteiger partial charge < -0.3 is 15.3 Å². The first-order valence-corrected chi connectivity index (χ1v) is 8.95. The van der Waals surface area contributed by atoms with Gasteiger partial charge in [0.1, 0.15) is 5.82 Å². The number of nitrogens with one attached hydrogen (secondary N) is 3. The maximum Gasteiger partial charge on any atom is 0.323 e. The normalized spacial score (nSPS) is 11.3. The molecule has 3 N–H and O–H groups in total. The van der Waals surface area contributed by atoms with Gasteiger partial charge in [0.25, 0.3) is 0 Å². The van der Waals surface area contributed by atoms with E-state index in [4.69, 9.17) is 0 Å². The smallest absolute Gasteiger partial charge is 0.322 e. The van der Waals surface area contributed by atoms with Crippen molar-refractivity contribution < 1.29 is 9.18 Å². The molecule has 0 saturated heterocycles. The minimum Gasteiger partial charge on any atom is -0.322 e. The Kier molecular flexibility index (Phi) is 4.43. The molecule has 2 aromatic heterocycles. The molecule has 4 aromatic rings. The van der Waals surface area contributed by atoms with E-state index in [1.54, 1.807) is 36.4 Å². The van der Waals surface area contributed by atoms with Crippen molar-refractivity contribution in [2.75, 3.05) is 5.32 Å². The molecule has 0 aliphatic carbocycles. The lowest BCUT2D eigenvalue weighted by molar-refractivity contribution is -0.111. The number of aromatic amines is 2. The molecule has 1 amide bonds. The Hall–Kier alpha value is -3.45. The fourth-order valence-corrected chi connectivity index (χ4v) is 3.58. The largest absolute Gasteiger partial charge is 0.323 e. The van der Waals surface area contributed by atoms with Crippen LogP contribution in [0.4, 0.5) is 10.1 Å². The minimum atomic E-state index is -0.289. The Labute approximate surface area is 157 Å². The molecule has 134 valence electrons. The fourth-order valence-electron chi connectivity index (χ4n) is 2.66. The zero-order valence-corrected chi connectivity index (χ0v) is 14.8. The Morgan fingerprint density at radius 3 is 2.59 bits per heavy atom. The van der Waals surface area contributed by atoms with Crippen LogP contribution in [-0.2, 0) is 4.79 Å². The van der Waals surface area contributed by atoms with Crippen LogP contribution >= 0.6 is 11.3 Å². The average molecular weight is 379 g/mol. The number of benzene rings is 2. The maximum atomic E-state index is 13.0. The molecular formula is C20H14FN3O2S. The van der Waals surface area contributed by atoms with Crippen LogP contribution in [0.15, 0.2) is 65.5 Å². The molecule has 0 fully saturated rings. The standard InChI is InChI=1S/C20H14FN3O2S/c21-13-3-1-12(2-4-13)18-9-6-15(27-18)7-10-19(25)22-14-5-8-16-17(11-14)24-20(26)23-16/h1-11H,(H,22,25)(H2,23,24,26). The van der Waals surface area contributed by atoms with E-state index in [2.05, 4.69) is 15.3 Å². The first-order chi connectivity index (χ1) is 13.1. The molecule has 5 nitrogen and oxygen atoms in total. The number of carbonyl (C=O) groups is 1. The van der Waals surface area contributed by atoms with Crippen LogP contribution in [0.5, 0.6) is 0 Å². The molecule has 0 radical (unpaired) electrons. The van der Waals surface area contributed by atoms with E-state index in [-0.39, 0.29) is 17.4 Å². The zero-order chi connectivity index (χ0) is 18.8. The highest BCUT2D eigenvalue weighted by Crippen LogP contribution is 2.29. The highest BCUT2D eigenvalue weighted by Gasteiger charge is 2.04. The van der Waals surface area contributed by atoms with E-state index in [1.807, 2.05) is 12.1 Å². The molecule has 0 bridgehead atoms. The van der Waals surface area contributed by atoms with Gasteiger partial charge in [-0.2, -0.15) is 0 Å². The quantitative estimate of drug-likeness (QED) is 0.460. The van der Waals surface area contributed by atoms with Crippen molar-refractivity contribution in [2.24, 2.45) is 0 Å². The molecular weight excluding hydrogens is 365 g/mol. The molecule has 0 atom stereocenters. The average Bonchev–Trinajstić information content (AvgIpc) is 3.26. The molecule has 2 aromatic carbocycles. The van der Waals surface area contributed by atoms with Crippen LogP contribution in [0.1, 0.15) is 4.88 Å². The summed E-state index contributed by atoms with van der Waals surface area (Å²) in [4.78, 5) is 30.6. The highest BCUT2D eigenvalue weighted by molar-refractivity contribution is 7.16. The number of amides is 1. The Balaban J connectivity index is 1.45. The van der Waals surface area contributed by atoms with Crippen molar-refractivity contribution >= 4 is 40.0 Å². The summed E-state index contributed by atoms with van der Waals surface area (Å²) in [6, 6.07) is 15.3. The lowest BCUT2D eigenvalue weighted by Crippen LogP contribution is -2.07. The SMILES string of the molecule is O=C(C=Cc1ccc(-c2ccc(F)cc2)s1)Nc1ccc2[nH]c(=O)[nH]c2c1. The minimum absolute atomic E-state index is 0.269. The van der Waals surface area contributed by atoms with Crippen molar-refractivity contribution in [1.82, 2.24) is 9.97 Å². The molecule has 0 aliphatic heterocycles. The van der Waals surface area contributed by atoms with E-state index in [0.717, 1.165) is 15.3 Å². The van der Waals surface area contributed by atoms with Crippen molar-refractivity contribution in [3.8, 4) is 10.4 Å². The number of hydrogen-bond acceptors (Lipinski definition) is 3. The van der Waals surface area contributed by atoms with E-state index >= 15 is 0 Å². The van der Waals surface area contributed by atoms with Gasteiger partial charge >= 0.3 is 5.69 Å². The topological polar surface area (TPSA) is 77.8 Å². The summed E-state index contributed by atoms with van der Waals surface area (Å²) in [5.41, 5.74) is 2.54. The van der Waals surface area contributed by atoms with Gasteiger partial charge in [-0.15, -0.1) is 11.3 Å². The third-order valence-electron chi connectivity index (χ3n) is 3.94. The summed E-state index contributed by atoms with van der Waals surface area (Å²) in [6.07, 6.45) is 3.17. The summed E-state index contributed by atoms with van der Waals surface area (Å²) < 4.78 is 13.0. The number of anilines is 1. The van der Waals surface area contributed by atoms with Gasteiger partial charge in [0.15, 0.2) is 0 Å². The summed E-state index contributed by atoms with van der Waals surface area (Å²) in [7, 11) is 0. The number of fused-ring (bicyclic) bond motifs is 1. The first kappa shape index (κ1) is 17.0. The second-order valence-electron chi connectivity index (χ2n) is 5.87. The second kappa shape index (κ2) is 7.05. The molecule has 0 spiro atoms.